The Morgan fingerprint density at radius 2 is 2.15 bits per heavy atom. The van der Waals surface area contributed by atoms with Crippen LogP contribution < -0.4 is 0 Å². The number of amides is 1. The molecule has 0 spiro atoms. The topological polar surface area (TPSA) is 75.0 Å². The highest BCUT2D eigenvalue weighted by molar-refractivity contribution is 6.30. The number of aryl methyl sites for hydroxylation is 1. The molecular formula is C19H19ClN4O2. The van der Waals surface area contributed by atoms with Crippen LogP contribution in [0.1, 0.15) is 40.5 Å². The molecule has 1 fully saturated rings. The molecule has 4 rings (SSSR count). The molecule has 6 nitrogen and oxygen atoms in total. The maximum Gasteiger partial charge on any atom is 0.274 e. The number of aromatic nitrogens is 3. The van der Waals surface area contributed by atoms with E-state index >= 15 is 0 Å². The Balaban J connectivity index is 1.49. The lowest BCUT2D eigenvalue weighted by atomic mass is 9.96. The molecule has 1 aliphatic heterocycles. The predicted octanol–water partition coefficient (Wildman–Crippen LogP) is 4.05. The SMILES string of the molecule is Cc1ccc(C(=O)N2CCC[C@H](c3noc(-c4cc(Cl)c[nH]4)n3)C2)cc1. The highest BCUT2D eigenvalue weighted by atomic mass is 35.5. The standard InChI is InChI=1S/C19H19ClN4O2/c1-12-4-6-13(7-5-12)19(25)24-8-2-3-14(11-24)17-22-18(26-23-17)16-9-15(20)10-21-16/h4-7,9-10,14,21H,2-3,8,11H2,1H3/t14-/m0/s1. The van der Waals surface area contributed by atoms with E-state index in [2.05, 4.69) is 15.1 Å². The monoisotopic (exact) mass is 370 g/mol. The molecule has 0 aliphatic carbocycles. The van der Waals surface area contributed by atoms with Crippen LogP contribution in [-0.2, 0) is 0 Å². The van der Waals surface area contributed by atoms with E-state index in [-0.39, 0.29) is 11.8 Å². The smallest absolute Gasteiger partial charge is 0.274 e. The number of likely N-dealkylation sites (tertiary alicyclic amines) is 1. The van der Waals surface area contributed by atoms with Gasteiger partial charge in [-0.05, 0) is 38.0 Å². The summed E-state index contributed by atoms with van der Waals surface area (Å²) < 4.78 is 5.36. The highest BCUT2D eigenvalue weighted by Gasteiger charge is 2.28. The van der Waals surface area contributed by atoms with Gasteiger partial charge in [0.1, 0.15) is 5.69 Å². The van der Waals surface area contributed by atoms with Gasteiger partial charge in [0.15, 0.2) is 5.82 Å². The number of H-pyrrole nitrogens is 1. The molecule has 134 valence electrons. The van der Waals surface area contributed by atoms with Gasteiger partial charge in [0.2, 0.25) is 0 Å². The maximum atomic E-state index is 12.8. The van der Waals surface area contributed by atoms with E-state index in [0.717, 1.165) is 24.9 Å². The summed E-state index contributed by atoms with van der Waals surface area (Å²) in [5, 5.41) is 4.71. The van der Waals surface area contributed by atoms with E-state index in [9.17, 15) is 4.79 Å². The van der Waals surface area contributed by atoms with E-state index in [1.165, 1.54) is 0 Å². The molecular weight excluding hydrogens is 352 g/mol. The first-order valence-electron chi connectivity index (χ1n) is 8.64. The molecule has 1 aromatic carbocycles. The van der Waals surface area contributed by atoms with E-state index < -0.39 is 0 Å². The molecule has 3 heterocycles. The number of carbonyl (C=O) groups is 1. The normalized spacial score (nSPS) is 17.5. The number of nitrogens with zero attached hydrogens (tertiary/aromatic N) is 3. The van der Waals surface area contributed by atoms with Crippen molar-refractivity contribution in [1.82, 2.24) is 20.0 Å². The maximum absolute atomic E-state index is 12.8. The summed E-state index contributed by atoms with van der Waals surface area (Å²) in [6, 6.07) is 9.42. The second kappa shape index (κ2) is 6.96. The number of halogens is 1. The third kappa shape index (κ3) is 3.37. The minimum absolute atomic E-state index is 0.0505. The van der Waals surface area contributed by atoms with E-state index in [1.807, 2.05) is 36.1 Å². The first kappa shape index (κ1) is 16.8. The molecule has 26 heavy (non-hydrogen) atoms. The summed E-state index contributed by atoms with van der Waals surface area (Å²) in [5.74, 6) is 1.16. The fraction of sp³-hybridized carbons (Fsp3) is 0.316. The largest absolute Gasteiger partial charge is 0.356 e. The molecule has 1 atom stereocenters. The molecule has 0 unspecified atom stereocenters. The molecule has 7 heteroatoms. The average molecular weight is 371 g/mol. The van der Waals surface area contributed by atoms with Crippen molar-refractivity contribution < 1.29 is 9.32 Å². The molecule has 1 N–H and O–H groups in total. The second-order valence-corrected chi connectivity index (χ2v) is 7.08. The molecule has 1 saturated heterocycles. The highest BCUT2D eigenvalue weighted by Crippen LogP contribution is 2.28. The number of hydrogen-bond donors (Lipinski definition) is 1. The van der Waals surface area contributed by atoms with Crippen LogP contribution in [0.5, 0.6) is 0 Å². The van der Waals surface area contributed by atoms with E-state index in [4.69, 9.17) is 16.1 Å². The van der Waals surface area contributed by atoms with Crippen LogP contribution in [0.25, 0.3) is 11.6 Å². The van der Waals surface area contributed by atoms with Gasteiger partial charge in [0.25, 0.3) is 11.8 Å². The van der Waals surface area contributed by atoms with Crippen LogP contribution in [0, 0.1) is 6.92 Å². The molecule has 0 bridgehead atoms. The lowest BCUT2D eigenvalue weighted by molar-refractivity contribution is 0.0703. The van der Waals surface area contributed by atoms with Gasteiger partial charge >= 0.3 is 0 Å². The zero-order valence-corrected chi connectivity index (χ0v) is 15.2. The predicted molar refractivity (Wildman–Crippen MR) is 98.2 cm³/mol. The molecule has 0 saturated carbocycles. The van der Waals surface area contributed by atoms with Crippen molar-refractivity contribution in [3.8, 4) is 11.6 Å². The van der Waals surface area contributed by atoms with Gasteiger partial charge in [0, 0.05) is 30.8 Å². The molecule has 0 radical (unpaired) electrons. The van der Waals surface area contributed by atoms with Crippen molar-refractivity contribution in [1.29, 1.82) is 0 Å². The Kier molecular flexibility index (Phi) is 4.51. The van der Waals surface area contributed by atoms with Gasteiger partial charge in [-0.1, -0.05) is 34.5 Å². The first-order chi connectivity index (χ1) is 12.6. The second-order valence-electron chi connectivity index (χ2n) is 6.65. The van der Waals surface area contributed by atoms with Gasteiger partial charge in [-0.2, -0.15) is 4.98 Å². The Morgan fingerprint density at radius 1 is 1.35 bits per heavy atom. The minimum Gasteiger partial charge on any atom is -0.356 e. The van der Waals surface area contributed by atoms with Crippen molar-refractivity contribution in [2.45, 2.75) is 25.7 Å². The zero-order valence-electron chi connectivity index (χ0n) is 14.4. The van der Waals surface area contributed by atoms with Gasteiger partial charge in [-0.25, -0.2) is 0 Å². The summed E-state index contributed by atoms with van der Waals surface area (Å²) in [5.41, 5.74) is 2.55. The average Bonchev–Trinajstić information content (AvgIpc) is 3.31. The van der Waals surface area contributed by atoms with Crippen LogP contribution >= 0.6 is 11.6 Å². The number of piperidine rings is 1. The summed E-state index contributed by atoms with van der Waals surface area (Å²) in [6.45, 7) is 3.35. The summed E-state index contributed by atoms with van der Waals surface area (Å²) >= 11 is 5.92. The minimum atomic E-state index is 0.0505. The Bertz CT molecular complexity index is 916. The third-order valence-electron chi connectivity index (χ3n) is 4.69. The van der Waals surface area contributed by atoms with Crippen molar-refractivity contribution in [3.63, 3.8) is 0 Å². The number of carbonyl (C=O) groups excluding carboxylic acids is 1. The van der Waals surface area contributed by atoms with Crippen molar-refractivity contribution in [2.24, 2.45) is 0 Å². The van der Waals surface area contributed by atoms with Crippen molar-refractivity contribution in [2.75, 3.05) is 13.1 Å². The molecule has 1 aliphatic rings. The van der Waals surface area contributed by atoms with Crippen LogP contribution in [-0.4, -0.2) is 39.0 Å². The number of benzene rings is 1. The van der Waals surface area contributed by atoms with Gasteiger partial charge < -0.3 is 14.4 Å². The number of nitrogens with one attached hydrogen (secondary N) is 1. The van der Waals surface area contributed by atoms with Crippen molar-refractivity contribution >= 4 is 17.5 Å². The van der Waals surface area contributed by atoms with Gasteiger partial charge in [0.05, 0.1) is 5.02 Å². The van der Waals surface area contributed by atoms with Gasteiger partial charge in [-0.15, -0.1) is 0 Å². The van der Waals surface area contributed by atoms with Crippen molar-refractivity contribution in [3.05, 3.63) is 58.5 Å². The van der Waals surface area contributed by atoms with Crippen LogP contribution in [0.15, 0.2) is 41.1 Å². The summed E-state index contributed by atoms with van der Waals surface area (Å²) in [4.78, 5) is 22.1. The van der Waals surface area contributed by atoms with Crippen LogP contribution in [0.2, 0.25) is 5.02 Å². The summed E-state index contributed by atoms with van der Waals surface area (Å²) in [6.07, 6.45) is 3.52. The molecule has 1 amide bonds. The van der Waals surface area contributed by atoms with Crippen LogP contribution in [0.4, 0.5) is 0 Å². The number of hydrogen-bond acceptors (Lipinski definition) is 4. The fourth-order valence-electron chi connectivity index (χ4n) is 3.25. The lowest BCUT2D eigenvalue weighted by Crippen LogP contribution is -2.39. The van der Waals surface area contributed by atoms with Gasteiger partial charge in [-0.3, -0.25) is 4.79 Å². The Labute approximate surface area is 156 Å². The third-order valence-corrected chi connectivity index (χ3v) is 4.91. The Morgan fingerprint density at radius 3 is 2.88 bits per heavy atom. The summed E-state index contributed by atoms with van der Waals surface area (Å²) in [7, 11) is 0. The lowest BCUT2D eigenvalue weighted by Gasteiger charge is -2.31. The first-order valence-corrected chi connectivity index (χ1v) is 9.02. The zero-order chi connectivity index (χ0) is 18.1. The van der Waals surface area contributed by atoms with E-state index in [1.54, 1.807) is 12.3 Å². The fourth-order valence-corrected chi connectivity index (χ4v) is 3.42. The van der Waals surface area contributed by atoms with E-state index in [0.29, 0.717) is 34.5 Å². The Hall–Kier alpha value is -2.60. The molecule has 3 aromatic rings. The number of rotatable bonds is 3. The van der Waals surface area contributed by atoms with Crippen LogP contribution in [0.3, 0.4) is 0 Å². The quantitative estimate of drug-likeness (QED) is 0.754. The molecule has 2 aromatic heterocycles. The number of aromatic amines is 1.